The molecule has 0 unspecified atom stereocenters. The molecule has 0 aliphatic rings. The van der Waals surface area contributed by atoms with Gasteiger partial charge in [0.2, 0.25) is 5.75 Å². The molecule has 0 spiro atoms. The molecule has 0 fully saturated rings. The smallest absolute Gasteiger partial charge is 0.383 e. The lowest BCUT2D eigenvalue weighted by Gasteiger charge is -2.16. The molecule has 6 heteroatoms. The number of ether oxygens (including phenoxy) is 3. The number of carbonyl (C=O) groups is 1. The number of rotatable bonds is 10. The molecule has 0 amide bonds. The minimum Gasteiger partial charge on any atom is -0.489 e. The number of hydrogen-bond acceptors (Lipinski definition) is 6. The van der Waals surface area contributed by atoms with Crippen molar-refractivity contribution in [3.63, 3.8) is 0 Å². The van der Waals surface area contributed by atoms with Gasteiger partial charge in [-0.1, -0.05) is 41.5 Å². The summed E-state index contributed by atoms with van der Waals surface area (Å²) in [6, 6.07) is 13.6. The maximum atomic E-state index is 12.9. The van der Waals surface area contributed by atoms with Crippen LogP contribution in [0.15, 0.2) is 81.0 Å². The summed E-state index contributed by atoms with van der Waals surface area (Å²) in [5.74, 6) is -0.375. The zero-order valence-corrected chi connectivity index (χ0v) is 20.9. The summed E-state index contributed by atoms with van der Waals surface area (Å²) in [4.78, 5) is 25.6. The second kappa shape index (κ2) is 12.1. The van der Waals surface area contributed by atoms with Crippen molar-refractivity contribution in [3.8, 4) is 17.2 Å². The number of allylic oxidation sites excluding steroid dienone is 3. The molecule has 1 aromatic heterocycles. The zero-order chi connectivity index (χ0) is 25.4. The lowest BCUT2D eigenvalue weighted by molar-refractivity contribution is 0.0726. The van der Waals surface area contributed by atoms with Crippen molar-refractivity contribution in [2.24, 2.45) is 0 Å². The van der Waals surface area contributed by atoms with E-state index in [1.54, 1.807) is 62.4 Å². The molecule has 0 saturated heterocycles. The van der Waals surface area contributed by atoms with Crippen molar-refractivity contribution in [2.75, 3.05) is 6.61 Å². The first-order valence-corrected chi connectivity index (χ1v) is 11.7. The summed E-state index contributed by atoms with van der Waals surface area (Å²) in [6.07, 6.45) is 5.78. The van der Waals surface area contributed by atoms with E-state index in [4.69, 9.17) is 18.6 Å². The highest BCUT2D eigenvalue weighted by atomic mass is 16.6. The van der Waals surface area contributed by atoms with Gasteiger partial charge in [0.15, 0.2) is 5.75 Å². The standard InChI is InChI=1S/C29H32O6/c1-19(2)11-9-12-21(5)17-18-32-23-15-10-16-24-25(23)26(27(29(31)34-24)33-20(3)4)35-28(30)22-13-7-6-8-14-22/h6-8,10-11,13-17,20H,9,12,18H2,1-5H3. The fourth-order valence-electron chi connectivity index (χ4n) is 3.42. The Morgan fingerprint density at radius 2 is 1.71 bits per heavy atom. The lowest BCUT2D eigenvalue weighted by Crippen LogP contribution is -2.17. The van der Waals surface area contributed by atoms with Crippen LogP contribution in [0, 0.1) is 0 Å². The first-order chi connectivity index (χ1) is 16.8. The van der Waals surface area contributed by atoms with E-state index < -0.39 is 11.6 Å². The van der Waals surface area contributed by atoms with Gasteiger partial charge < -0.3 is 18.6 Å². The molecule has 2 aromatic carbocycles. The minimum absolute atomic E-state index is 0.0151. The average molecular weight is 477 g/mol. The normalized spacial score (nSPS) is 11.4. The number of fused-ring (bicyclic) bond motifs is 1. The lowest BCUT2D eigenvalue weighted by atomic mass is 10.1. The third-order valence-electron chi connectivity index (χ3n) is 5.13. The Morgan fingerprint density at radius 1 is 0.971 bits per heavy atom. The molecule has 0 radical (unpaired) electrons. The van der Waals surface area contributed by atoms with Gasteiger partial charge in [0.05, 0.1) is 11.7 Å². The van der Waals surface area contributed by atoms with E-state index in [2.05, 4.69) is 26.8 Å². The molecule has 0 N–H and O–H groups in total. The van der Waals surface area contributed by atoms with Gasteiger partial charge >= 0.3 is 11.6 Å². The van der Waals surface area contributed by atoms with Crippen molar-refractivity contribution in [1.29, 1.82) is 0 Å². The van der Waals surface area contributed by atoms with E-state index in [1.165, 1.54) is 11.1 Å². The van der Waals surface area contributed by atoms with Crippen LogP contribution in [0.1, 0.15) is 57.8 Å². The third kappa shape index (κ3) is 7.09. The second-order valence-corrected chi connectivity index (χ2v) is 8.78. The zero-order valence-electron chi connectivity index (χ0n) is 20.9. The van der Waals surface area contributed by atoms with Crippen LogP contribution in [0.3, 0.4) is 0 Å². The monoisotopic (exact) mass is 476 g/mol. The van der Waals surface area contributed by atoms with Crippen LogP contribution < -0.4 is 19.8 Å². The predicted molar refractivity (Wildman–Crippen MR) is 138 cm³/mol. The molecule has 184 valence electrons. The van der Waals surface area contributed by atoms with Crippen LogP contribution in [-0.4, -0.2) is 18.7 Å². The molecular formula is C29H32O6. The predicted octanol–water partition coefficient (Wildman–Crippen LogP) is 6.87. The number of benzene rings is 2. The van der Waals surface area contributed by atoms with Crippen LogP contribution in [-0.2, 0) is 0 Å². The van der Waals surface area contributed by atoms with Gasteiger partial charge in [-0.05, 0) is 77.8 Å². The van der Waals surface area contributed by atoms with Crippen molar-refractivity contribution in [1.82, 2.24) is 0 Å². The number of hydrogen-bond donors (Lipinski definition) is 0. The summed E-state index contributed by atoms with van der Waals surface area (Å²) in [6.45, 7) is 10.1. The number of esters is 1. The third-order valence-corrected chi connectivity index (χ3v) is 5.13. The Morgan fingerprint density at radius 3 is 2.40 bits per heavy atom. The van der Waals surface area contributed by atoms with Crippen LogP contribution >= 0.6 is 0 Å². The van der Waals surface area contributed by atoms with Gasteiger partial charge in [0, 0.05) is 0 Å². The van der Waals surface area contributed by atoms with Crippen molar-refractivity contribution in [3.05, 3.63) is 87.8 Å². The summed E-state index contributed by atoms with van der Waals surface area (Å²) in [5.41, 5.74) is 2.35. The van der Waals surface area contributed by atoms with Gasteiger partial charge in [-0.25, -0.2) is 9.59 Å². The quantitative estimate of drug-likeness (QED) is 0.181. The molecule has 3 aromatic rings. The molecule has 0 bridgehead atoms. The highest BCUT2D eigenvalue weighted by molar-refractivity contribution is 5.97. The Balaban J connectivity index is 1.99. The van der Waals surface area contributed by atoms with Gasteiger partial charge in [0.25, 0.3) is 0 Å². The fourth-order valence-corrected chi connectivity index (χ4v) is 3.42. The van der Waals surface area contributed by atoms with Gasteiger partial charge in [0.1, 0.15) is 23.3 Å². The molecule has 0 atom stereocenters. The van der Waals surface area contributed by atoms with E-state index in [9.17, 15) is 9.59 Å². The van der Waals surface area contributed by atoms with Crippen LogP contribution in [0.2, 0.25) is 0 Å². The molecule has 3 rings (SSSR count). The first-order valence-electron chi connectivity index (χ1n) is 11.7. The van der Waals surface area contributed by atoms with Gasteiger partial charge in [-0.3, -0.25) is 0 Å². The summed E-state index contributed by atoms with van der Waals surface area (Å²) < 4.78 is 23.0. The molecule has 6 nitrogen and oxygen atoms in total. The molecule has 0 aliphatic heterocycles. The van der Waals surface area contributed by atoms with E-state index in [-0.39, 0.29) is 23.2 Å². The van der Waals surface area contributed by atoms with E-state index in [1.807, 2.05) is 6.08 Å². The Bertz CT molecular complexity index is 1280. The summed E-state index contributed by atoms with van der Waals surface area (Å²) >= 11 is 0. The maximum absolute atomic E-state index is 12.9. The van der Waals surface area contributed by atoms with Crippen molar-refractivity contribution >= 4 is 16.9 Å². The topological polar surface area (TPSA) is 75.0 Å². The average Bonchev–Trinajstić information content (AvgIpc) is 2.81. The Labute approximate surface area is 205 Å². The van der Waals surface area contributed by atoms with Crippen LogP contribution in [0.25, 0.3) is 11.0 Å². The van der Waals surface area contributed by atoms with E-state index >= 15 is 0 Å². The van der Waals surface area contributed by atoms with E-state index in [0.717, 1.165) is 12.8 Å². The second-order valence-electron chi connectivity index (χ2n) is 8.78. The molecular weight excluding hydrogens is 444 g/mol. The molecule has 35 heavy (non-hydrogen) atoms. The highest BCUT2D eigenvalue weighted by Crippen LogP contribution is 2.39. The molecule has 0 saturated carbocycles. The fraction of sp³-hybridized carbons (Fsp3) is 0.310. The van der Waals surface area contributed by atoms with E-state index in [0.29, 0.717) is 23.3 Å². The summed E-state index contributed by atoms with van der Waals surface area (Å²) in [5, 5.41) is 0.364. The highest BCUT2D eigenvalue weighted by Gasteiger charge is 2.24. The van der Waals surface area contributed by atoms with Gasteiger partial charge in [-0.2, -0.15) is 0 Å². The van der Waals surface area contributed by atoms with Gasteiger partial charge in [-0.15, -0.1) is 0 Å². The van der Waals surface area contributed by atoms with Crippen LogP contribution in [0.4, 0.5) is 0 Å². The first kappa shape index (κ1) is 25.8. The number of carbonyl (C=O) groups excluding carboxylic acids is 1. The largest absolute Gasteiger partial charge is 0.489 e. The summed E-state index contributed by atoms with van der Waals surface area (Å²) in [7, 11) is 0. The minimum atomic E-state index is -0.728. The Hall–Kier alpha value is -3.80. The van der Waals surface area contributed by atoms with Crippen molar-refractivity contribution < 1.29 is 23.4 Å². The van der Waals surface area contributed by atoms with Crippen LogP contribution in [0.5, 0.6) is 17.2 Å². The maximum Gasteiger partial charge on any atom is 0.383 e. The Kier molecular flexibility index (Phi) is 8.90. The molecule has 0 aliphatic carbocycles. The SMILES string of the molecule is CC(C)=CCCC(C)=CCOc1cccc2oc(=O)c(OC(C)C)c(OC(=O)c3ccccc3)c12. The van der Waals surface area contributed by atoms with Crippen molar-refractivity contribution in [2.45, 2.75) is 53.6 Å². The molecule has 1 heterocycles.